The molecule has 0 radical (unpaired) electrons. The third-order valence-corrected chi connectivity index (χ3v) is 5.25. The van der Waals surface area contributed by atoms with Crippen LogP contribution in [0.1, 0.15) is 32.1 Å². The van der Waals surface area contributed by atoms with Crippen molar-refractivity contribution in [3.05, 3.63) is 30.3 Å². The lowest BCUT2D eigenvalue weighted by molar-refractivity contribution is -0.132. The molecule has 0 spiro atoms. The fraction of sp³-hybridized carbons (Fsp3) is 0.600. The van der Waals surface area contributed by atoms with E-state index in [0.717, 1.165) is 52.0 Å². The van der Waals surface area contributed by atoms with Crippen LogP contribution in [0.25, 0.3) is 0 Å². The second-order valence-electron chi connectivity index (χ2n) is 7.10. The second-order valence-corrected chi connectivity index (χ2v) is 7.10. The van der Waals surface area contributed by atoms with Crippen LogP contribution < -0.4 is 15.5 Å². The Morgan fingerprint density at radius 1 is 1.04 bits per heavy atom. The zero-order valence-corrected chi connectivity index (χ0v) is 17.9. The molecule has 2 N–H and O–H groups in total. The van der Waals surface area contributed by atoms with Crippen LogP contribution in [0.4, 0.5) is 5.69 Å². The highest BCUT2D eigenvalue weighted by Crippen LogP contribution is 2.16. The molecular formula is C20H32Cl2N4O2. The number of piperazine rings is 1. The number of carbonyl (C=O) groups is 2. The Balaban J connectivity index is 0.00000196. The van der Waals surface area contributed by atoms with Crippen LogP contribution in [0.5, 0.6) is 0 Å². The Hall–Kier alpha value is -1.50. The van der Waals surface area contributed by atoms with E-state index in [1.165, 1.54) is 5.69 Å². The number of piperidine rings is 1. The van der Waals surface area contributed by atoms with Crippen molar-refractivity contribution in [1.82, 2.24) is 15.5 Å². The molecule has 28 heavy (non-hydrogen) atoms. The van der Waals surface area contributed by atoms with E-state index >= 15 is 0 Å². The van der Waals surface area contributed by atoms with Gasteiger partial charge in [-0.1, -0.05) is 24.6 Å². The Bertz CT molecular complexity index is 589. The summed E-state index contributed by atoms with van der Waals surface area (Å²) in [6.07, 6.45) is 4.38. The van der Waals surface area contributed by atoms with Crippen LogP contribution in [0.2, 0.25) is 0 Å². The molecular weight excluding hydrogens is 399 g/mol. The number of hydrogen-bond donors (Lipinski definition) is 2. The minimum atomic E-state index is -0.0504. The first-order valence-corrected chi connectivity index (χ1v) is 9.83. The molecule has 1 aromatic carbocycles. The van der Waals surface area contributed by atoms with E-state index in [1.54, 1.807) is 0 Å². The minimum absolute atomic E-state index is 0. The molecule has 0 aliphatic carbocycles. The molecule has 1 atom stereocenters. The number of anilines is 1. The molecule has 6 nitrogen and oxygen atoms in total. The van der Waals surface area contributed by atoms with Gasteiger partial charge in [0.2, 0.25) is 11.8 Å². The fourth-order valence-electron chi connectivity index (χ4n) is 3.66. The van der Waals surface area contributed by atoms with Crippen molar-refractivity contribution in [2.75, 3.05) is 44.2 Å². The number of para-hydroxylation sites is 1. The van der Waals surface area contributed by atoms with Gasteiger partial charge in [-0.2, -0.15) is 0 Å². The molecule has 1 aromatic rings. The number of halogens is 2. The van der Waals surface area contributed by atoms with Gasteiger partial charge in [-0.25, -0.2) is 0 Å². The van der Waals surface area contributed by atoms with E-state index in [9.17, 15) is 9.59 Å². The van der Waals surface area contributed by atoms with Crippen molar-refractivity contribution < 1.29 is 9.59 Å². The van der Waals surface area contributed by atoms with Crippen molar-refractivity contribution in [3.63, 3.8) is 0 Å². The Morgan fingerprint density at radius 2 is 1.75 bits per heavy atom. The summed E-state index contributed by atoms with van der Waals surface area (Å²) in [6, 6.07) is 10.3. The summed E-state index contributed by atoms with van der Waals surface area (Å²) in [5.74, 6) is 0.274. The maximum absolute atomic E-state index is 12.4. The molecule has 2 amide bonds. The maximum Gasteiger partial charge on any atom is 0.237 e. The molecule has 3 rings (SSSR count). The first kappa shape index (κ1) is 24.5. The average molecular weight is 431 g/mol. The topological polar surface area (TPSA) is 64.7 Å². The summed E-state index contributed by atoms with van der Waals surface area (Å²) in [6.45, 7) is 4.79. The molecule has 2 heterocycles. The summed E-state index contributed by atoms with van der Waals surface area (Å²) in [5.41, 5.74) is 1.22. The molecule has 2 aliphatic heterocycles. The van der Waals surface area contributed by atoms with Gasteiger partial charge in [0.25, 0.3) is 0 Å². The number of nitrogens with zero attached hydrogens (tertiary/aromatic N) is 2. The second kappa shape index (κ2) is 12.9. The zero-order chi connectivity index (χ0) is 18.2. The molecule has 0 aromatic heterocycles. The summed E-state index contributed by atoms with van der Waals surface area (Å²) < 4.78 is 0. The van der Waals surface area contributed by atoms with E-state index in [4.69, 9.17) is 0 Å². The van der Waals surface area contributed by atoms with Gasteiger partial charge in [-0.3, -0.25) is 9.59 Å². The van der Waals surface area contributed by atoms with E-state index in [-0.39, 0.29) is 42.7 Å². The Labute approximate surface area is 180 Å². The van der Waals surface area contributed by atoms with Gasteiger partial charge in [-0.15, -0.1) is 24.8 Å². The molecule has 2 aliphatic rings. The molecule has 2 saturated heterocycles. The van der Waals surface area contributed by atoms with Gasteiger partial charge in [0.15, 0.2) is 0 Å². The van der Waals surface area contributed by atoms with Crippen LogP contribution >= 0.6 is 24.8 Å². The van der Waals surface area contributed by atoms with Crippen molar-refractivity contribution in [3.8, 4) is 0 Å². The highest BCUT2D eigenvalue weighted by molar-refractivity contribution is 5.85. The maximum atomic E-state index is 12.4. The van der Waals surface area contributed by atoms with Gasteiger partial charge in [0.1, 0.15) is 0 Å². The predicted octanol–water partition coefficient (Wildman–Crippen LogP) is 2.22. The zero-order valence-electron chi connectivity index (χ0n) is 16.3. The molecule has 2 fully saturated rings. The number of benzene rings is 1. The smallest absolute Gasteiger partial charge is 0.237 e. The van der Waals surface area contributed by atoms with Gasteiger partial charge in [0, 0.05) is 44.8 Å². The Kier molecular flexibility index (Phi) is 11.3. The summed E-state index contributed by atoms with van der Waals surface area (Å²) >= 11 is 0. The van der Waals surface area contributed by atoms with Crippen molar-refractivity contribution in [2.45, 2.75) is 38.1 Å². The number of nitrogens with one attached hydrogen (secondary N) is 2. The standard InChI is InChI=1S/C20H30N4O2.2ClH/c25-19(10-6-12-22-20(26)18-9-4-5-11-21-18)24-15-13-23(14-16-24)17-7-2-1-3-8-17;;/h1-3,7-8,18,21H,4-6,9-16H2,(H,22,26);2*1H/t18-;;/m1../s1. The summed E-state index contributed by atoms with van der Waals surface area (Å²) in [4.78, 5) is 28.7. The van der Waals surface area contributed by atoms with E-state index in [2.05, 4.69) is 27.7 Å². The molecule has 8 heteroatoms. The Morgan fingerprint density at radius 3 is 2.39 bits per heavy atom. The monoisotopic (exact) mass is 430 g/mol. The van der Waals surface area contributed by atoms with E-state index in [1.807, 2.05) is 23.1 Å². The average Bonchev–Trinajstić information content (AvgIpc) is 2.72. The van der Waals surface area contributed by atoms with Crippen LogP contribution in [0.3, 0.4) is 0 Å². The van der Waals surface area contributed by atoms with Gasteiger partial charge < -0.3 is 20.4 Å². The molecule has 158 valence electrons. The van der Waals surface area contributed by atoms with Crippen LogP contribution in [-0.2, 0) is 9.59 Å². The van der Waals surface area contributed by atoms with Gasteiger partial charge >= 0.3 is 0 Å². The lowest BCUT2D eigenvalue weighted by atomic mass is 10.0. The molecule has 0 bridgehead atoms. The van der Waals surface area contributed by atoms with E-state index < -0.39 is 0 Å². The highest BCUT2D eigenvalue weighted by atomic mass is 35.5. The number of carbonyl (C=O) groups excluding carboxylic acids is 2. The molecule has 0 unspecified atom stereocenters. The third kappa shape index (κ3) is 7.15. The quantitative estimate of drug-likeness (QED) is 0.678. The van der Waals surface area contributed by atoms with Crippen LogP contribution in [-0.4, -0.2) is 62.0 Å². The summed E-state index contributed by atoms with van der Waals surface area (Å²) in [5, 5.41) is 6.20. The van der Waals surface area contributed by atoms with Crippen molar-refractivity contribution >= 4 is 42.3 Å². The van der Waals surface area contributed by atoms with Gasteiger partial charge in [-0.05, 0) is 37.9 Å². The number of hydrogen-bond acceptors (Lipinski definition) is 4. The van der Waals surface area contributed by atoms with Crippen molar-refractivity contribution in [2.24, 2.45) is 0 Å². The normalized spacial score (nSPS) is 19.2. The lowest BCUT2D eigenvalue weighted by Gasteiger charge is -2.36. The SMILES string of the molecule is Cl.Cl.O=C(NCCCC(=O)N1CCN(c2ccccc2)CC1)[C@H]1CCCCN1. The number of amides is 2. The third-order valence-electron chi connectivity index (χ3n) is 5.25. The fourth-order valence-corrected chi connectivity index (χ4v) is 3.66. The van der Waals surface area contributed by atoms with Crippen LogP contribution in [0, 0.1) is 0 Å². The van der Waals surface area contributed by atoms with Crippen LogP contribution in [0.15, 0.2) is 30.3 Å². The number of rotatable bonds is 6. The molecule has 0 saturated carbocycles. The van der Waals surface area contributed by atoms with Gasteiger partial charge in [0.05, 0.1) is 6.04 Å². The lowest BCUT2D eigenvalue weighted by Crippen LogP contribution is -2.49. The van der Waals surface area contributed by atoms with E-state index in [0.29, 0.717) is 19.4 Å². The first-order chi connectivity index (χ1) is 12.7. The highest BCUT2D eigenvalue weighted by Gasteiger charge is 2.22. The predicted molar refractivity (Wildman–Crippen MR) is 118 cm³/mol. The largest absolute Gasteiger partial charge is 0.368 e. The minimum Gasteiger partial charge on any atom is -0.368 e. The summed E-state index contributed by atoms with van der Waals surface area (Å²) in [7, 11) is 0. The van der Waals surface area contributed by atoms with Crippen molar-refractivity contribution in [1.29, 1.82) is 0 Å². The first-order valence-electron chi connectivity index (χ1n) is 9.83.